The van der Waals surface area contributed by atoms with Gasteiger partial charge in [-0.25, -0.2) is 0 Å². The summed E-state index contributed by atoms with van der Waals surface area (Å²) in [5.74, 6) is -3.50. The predicted molar refractivity (Wildman–Crippen MR) is 172 cm³/mol. The van der Waals surface area contributed by atoms with Crippen LogP contribution in [0.2, 0.25) is 0 Å². The quantitative estimate of drug-likeness (QED) is 0.216. The molecule has 1 aromatic rings. The number of aliphatic hydroxyl groups excluding tert-OH is 1. The number of halogens is 1. The van der Waals surface area contributed by atoms with Gasteiger partial charge in [-0.1, -0.05) is 71.8 Å². The molecule has 0 saturated carbocycles. The smallest absolute Gasteiger partial charge is 0.313 e. The Labute approximate surface area is 278 Å². The number of likely N-dealkylation sites (tertiary alicyclic amines) is 1. The summed E-state index contributed by atoms with van der Waals surface area (Å²) in [7, 11) is 1.51. The van der Waals surface area contributed by atoms with E-state index in [1.54, 1.807) is 15.9 Å². The zero-order valence-corrected chi connectivity index (χ0v) is 28.0. The van der Waals surface area contributed by atoms with Gasteiger partial charge in [0.2, 0.25) is 17.7 Å². The van der Waals surface area contributed by atoms with Crippen LogP contribution in [0.1, 0.15) is 57.1 Å². The number of nitrogens with zero attached hydrogens (tertiary/aromatic N) is 2. The van der Waals surface area contributed by atoms with E-state index in [2.05, 4.69) is 21.2 Å². The largest absolute Gasteiger partial charge is 0.455 e. The van der Waals surface area contributed by atoms with Gasteiger partial charge in [0.15, 0.2) is 0 Å². The molecule has 2 N–H and O–H groups in total. The van der Waals surface area contributed by atoms with Crippen molar-refractivity contribution in [3.63, 3.8) is 0 Å². The van der Waals surface area contributed by atoms with Gasteiger partial charge in [0.25, 0.3) is 0 Å². The molecule has 12 heteroatoms. The van der Waals surface area contributed by atoms with Crippen LogP contribution in [-0.2, 0) is 33.4 Å². The van der Waals surface area contributed by atoms with Crippen molar-refractivity contribution in [2.75, 3.05) is 40.0 Å². The molecule has 11 nitrogen and oxygen atoms in total. The molecule has 2 saturated heterocycles. The molecule has 250 valence electrons. The molecule has 4 aliphatic rings. The first-order chi connectivity index (χ1) is 22.3. The number of nitrogens with one attached hydrogen (secondary N) is 1. The molecule has 0 radical (unpaired) electrons. The first-order valence-electron chi connectivity index (χ1n) is 16.2. The lowest BCUT2D eigenvalue weighted by Gasteiger charge is -2.36. The van der Waals surface area contributed by atoms with Crippen molar-refractivity contribution in [1.29, 1.82) is 0 Å². The predicted octanol–water partition coefficient (Wildman–Crippen LogP) is 3.03. The van der Waals surface area contributed by atoms with Crippen LogP contribution < -0.4 is 5.32 Å². The number of carbonyl (C=O) groups excluding carboxylic acids is 4. The molecule has 5 bridgehead atoms. The van der Waals surface area contributed by atoms with Crippen LogP contribution in [0.5, 0.6) is 0 Å². The normalized spacial score (nSPS) is 32.3. The van der Waals surface area contributed by atoms with Crippen molar-refractivity contribution in [2.45, 2.75) is 75.3 Å². The molecule has 0 aliphatic carbocycles. The zero-order chi connectivity index (χ0) is 32.8. The number of allylic oxidation sites excluding steroid dienone is 1. The number of unbranched alkanes of at least 4 members (excludes halogenated alkanes) is 2. The summed E-state index contributed by atoms with van der Waals surface area (Å²) in [5.41, 5.74) is -0.710. The molecule has 46 heavy (non-hydrogen) atoms. The Bertz CT molecular complexity index is 1340. The zero-order valence-electron chi connectivity index (χ0n) is 26.4. The lowest BCUT2D eigenvalue weighted by atomic mass is 9.74. The van der Waals surface area contributed by atoms with Crippen molar-refractivity contribution in [1.82, 2.24) is 15.1 Å². The maximum Gasteiger partial charge on any atom is 0.313 e. The molecular weight excluding hydrogens is 658 g/mol. The summed E-state index contributed by atoms with van der Waals surface area (Å²) in [6, 6.07) is 7.42. The van der Waals surface area contributed by atoms with Gasteiger partial charge in [-0.15, -0.1) is 0 Å². The number of hydrogen-bond donors (Lipinski definition) is 2. The van der Waals surface area contributed by atoms with E-state index in [0.29, 0.717) is 42.4 Å². The maximum absolute atomic E-state index is 14.5. The third kappa shape index (κ3) is 6.67. The minimum Gasteiger partial charge on any atom is -0.455 e. The minimum atomic E-state index is -1.37. The van der Waals surface area contributed by atoms with E-state index in [0.717, 1.165) is 12.8 Å². The second-order valence-corrected chi connectivity index (χ2v) is 13.3. The number of cyclic esters (lactones) is 1. The molecule has 0 unspecified atom stereocenters. The van der Waals surface area contributed by atoms with E-state index in [4.69, 9.17) is 14.2 Å². The average Bonchev–Trinajstić information content (AvgIpc) is 3.64. The Kier molecular flexibility index (Phi) is 11.3. The second kappa shape index (κ2) is 15.2. The van der Waals surface area contributed by atoms with Gasteiger partial charge < -0.3 is 34.4 Å². The van der Waals surface area contributed by atoms with E-state index in [1.807, 2.05) is 49.4 Å². The number of carbonyl (C=O) groups is 4. The SMILES string of the molecule is CCCCN1C/C=C\CCC(=O)N[C@H](COC)[C@@H](c2ccccc2)OC(=O)[C@@H]2[C@H]3O[C@@]4(C=C3Br)[C@H](C1=O)N(CCCCO)C(=O)[C@@H]24. The summed E-state index contributed by atoms with van der Waals surface area (Å²) >= 11 is 3.59. The van der Waals surface area contributed by atoms with Crippen molar-refractivity contribution >= 4 is 39.6 Å². The number of fused-ring (bicyclic) bond motifs is 2. The summed E-state index contributed by atoms with van der Waals surface area (Å²) in [4.78, 5) is 59.6. The number of amides is 3. The molecule has 3 amide bonds. The molecule has 5 rings (SSSR count). The van der Waals surface area contributed by atoms with Crippen LogP contribution in [0.4, 0.5) is 0 Å². The Morgan fingerprint density at radius 3 is 2.54 bits per heavy atom. The third-order valence-corrected chi connectivity index (χ3v) is 9.97. The molecule has 1 spiro atoms. The number of rotatable bonds is 10. The van der Waals surface area contributed by atoms with E-state index < -0.39 is 47.7 Å². The van der Waals surface area contributed by atoms with Crippen LogP contribution in [0.15, 0.2) is 53.0 Å². The van der Waals surface area contributed by atoms with Crippen molar-refractivity contribution in [2.24, 2.45) is 11.8 Å². The maximum atomic E-state index is 14.5. The lowest BCUT2D eigenvalue weighted by molar-refractivity contribution is -0.162. The van der Waals surface area contributed by atoms with Crippen molar-refractivity contribution in [3.8, 4) is 0 Å². The number of hydrogen-bond acceptors (Lipinski definition) is 8. The van der Waals surface area contributed by atoms with Crippen LogP contribution in [-0.4, -0.2) is 102 Å². The van der Waals surface area contributed by atoms with Crippen LogP contribution >= 0.6 is 15.9 Å². The molecule has 2 fully saturated rings. The first-order valence-corrected chi connectivity index (χ1v) is 17.0. The second-order valence-electron chi connectivity index (χ2n) is 12.3. The lowest BCUT2D eigenvalue weighted by Crippen LogP contribution is -2.56. The van der Waals surface area contributed by atoms with Crippen molar-refractivity contribution in [3.05, 3.63) is 58.6 Å². The van der Waals surface area contributed by atoms with Gasteiger partial charge in [-0.05, 0) is 37.3 Å². The Morgan fingerprint density at radius 1 is 1.04 bits per heavy atom. The number of esters is 1. The topological polar surface area (TPSA) is 135 Å². The van der Waals surface area contributed by atoms with E-state index in [1.165, 1.54) is 7.11 Å². The molecule has 4 aliphatic heterocycles. The van der Waals surface area contributed by atoms with Crippen LogP contribution in [0, 0.1) is 11.8 Å². The first kappa shape index (κ1) is 34.3. The highest BCUT2D eigenvalue weighted by atomic mass is 79.9. The highest BCUT2D eigenvalue weighted by Crippen LogP contribution is 2.59. The fraction of sp³-hybridized carbons (Fsp3) is 0.588. The molecular formula is C34H44BrN3O8. The van der Waals surface area contributed by atoms with E-state index in [9.17, 15) is 24.3 Å². The van der Waals surface area contributed by atoms with Gasteiger partial charge in [0.1, 0.15) is 29.8 Å². The number of benzene rings is 1. The number of ether oxygens (including phenoxy) is 3. The van der Waals surface area contributed by atoms with Gasteiger partial charge in [0.05, 0.1) is 18.6 Å². The fourth-order valence-corrected chi connectivity index (χ4v) is 7.88. The molecule has 1 aromatic carbocycles. The monoisotopic (exact) mass is 701 g/mol. The van der Waals surface area contributed by atoms with Crippen LogP contribution in [0.3, 0.4) is 0 Å². The number of aliphatic hydroxyl groups is 1. The summed E-state index contributed by atoms with van der Waals surface area (Å²) in [5, 5.41) is 12.5. The Hall–Kier alpha value is -3.06. The third-order valence-electron chi connectivity index (χ3n) is 9.29. The van der Waals surface area contributed by atoms with E-state index in [-0.39, 0.29) is 43.9 Å². The average molecular weight is 703 g/mol. The fourth-order valence-electron chi connectivity index (χ4n) is 7.14. The Balaban J connectivity index is 1.60. The molecule has 4 heterocycles. The highest BCUT2D eigenvalue weighted by molar-refractivity contribution is 9.11. The van der Waals surface area contributed by atoms with Gasteiger partial charge in [-0.3, -0.25) is 19.2 Å². The minimum absolute atomic E-state index is 0.0400. The van der Waals surface area contributed by atoms with E-state index >= 15 is 0 Å². The summed E-state index contributed by atoms with van der Waals surface area (Å²) in [6.45, 7) is 3.11. The van der Waals surface area contributed by atoms with Crippen molar-refractivity contribution < 1.29 is 38.5 Å². The Morgan fingerprint density at radius 2 is 1.83 bits per heavy atom. The standard InChI is InChI=1S/C34H44BrN3O8/c1-3-4-16-37-17-10-6-9-15-25(40)36-24(21-44-2)28(22-13-7-5-8-14-22)45-33(43)26-27-31(41)38(18-11-12-19-39)30(32(37)42)34(27)20-23(35)29(26)46-34/h5-8,10,13-14,20,24,26-30,39H,3-4,9,11-12,15-19,21H2,1-2H3,(H,36,40)/b10-6-/t24-,26+,27-,28-,29+,30+,34-/m1/s1. The highest BCUT2D eigenvalue weighted by Gasteiger charge is 2.74. The summed E-state index contributed by atoms with van der Waals surface area (Å²) in [6.07, 6.45) is 7.06. The van der Waals surface area contributed by atoms with Gasteiger partial charge >= 0.3 is 5.97 Å². The number of methoxy groups -OCH3 is 1. The van der Waals surface area contributed by atoms with Gasteiger partial charge in [-0.2, -0.15) is 0 Å². The molecule has 7 atom stereocenters. The molecule has 0 aromatic heterocycles. The van der Waals surface area contributed by atoms with Gasteiger partial charge in [0, 0.05) is 44.3 Å². The summed E-state index contributed by atoms with van der Waals surface area (Å²) < 4.78 is 18.9. The van der Waals surface area contributed by atoms with Crippen LogP contribution in [0.25, 0.3) is 0 Å².